The molecule has 3 N–H and O–H groups in total. The molecule has 3 rings (SSSR count). The number of amides is 2. The van der Waals surface area contributed by atoms with Crippen molar-refractivity contribution in [3.05, 3.63) is 82.5 Å². The molecule has 0 spiro atoms. The van der Waals surface area contributed by atoms with Crippen LogP contribution in [0.15, 0.2) is 54.7 Å². The van der Waals surface area contributed by atoms with E-state index in [0.29, 0.717) is 17.8 Å². The third kappa shape index (κ3) is 6.08. The van der Waals surface area contributed by atoms with Crippen LogP contribution in [-0.2, 0) is 12.4 Å². The van der Waals surface area contributed by atoms with Crippen LogP contribution in [0.5, 0.6) is 0 Å². The van der Waals surface area contributed by atoms with E-state index < -0.39 is 40.9 Å². The van der Waals surface area contributed by atoms with Crippen LogP contribution < -0.4 is 16.0 Å². The highest BCUT2D eigenvalue weighted by Gasteiger charge is 2.37. The fraction of sp³-hybridized carbons (Fsp3) is 0.174. The predicted molar refractivity (Wildman–Crippen MR) is 116 cm³/mol. The van der Waals surface area contributed by atoms with Gasteiger partial charge in [-0.05, 0) is 42.8 Å². The normalized spacial score (nSPS) is 11.7. The fourth-order valence-electron chi connectivity index (χ4n) is 3.05. The van der Waals surface area contributed by atoms with Crippen LogP contribution in [-0.4, -0.2) is 23.8 Å². The summed E-state index contributed by atoms with van der Waals surface area (Å²) in [7, 11) is 1.35. The van der Waals surface area contributed by atoms with Gasteiger partial charge in [0.1, 0.15) is 0 Å². The molecule has 35 heavy (non-hydrogen) atoms. The topological polar surface area (TPSA) is 83.1 Å². The second-order valence-electron chi connectivity index (χ2n) is 7.39. The van der Waals surface area contributed by atoms with E-state index in [1.807, 2.05) is 0 Å². The van der Waals surface area contributed by atoms with E-state index in [9.17, 15) is 35.9 Å². The van der Waals surface area contributed by atoms with Gasteiger partial charge >= 0.3 is 12.4 Å². The summed E-state index contributed by atoms with van der Waals surface area (Å²) in [5.41, 5.74) is -2.92. The molecule has 1 heterocycles. The van der Waals surface area contributed by atoms with Crippen molar-refractivity contribution in [2.75, 3.05) is 17.7 Å². The number of hydrogen-bond acceptors (Lipinski definition) is 4. The zero-order valence-electron chi connectivity index (χ0n) is 18.2. The van der Waals surface area contributed by atoms with E-state index >= 15 is 0 Å². The van der Waals surface area contributed by atoms with Gasteiger partial charge in [0.25, 0.3) is 11.8 Å². The molecule has 3 aromatic rings. The van der Waals surface area contributed by atoms with E-state index in [1.54, 1.807) is 31.2 Å². The Kier molecular flexibility index (Phi) is 7.04. The average Bonchev–Trinajstić information content (AvgIpc) is 2.79. The molecule has 12 heteroatoms. The first-order valence-corrected chi connectivity index (χ1v) is 9.95. The lowest BCUT2D eigenvalue weighted by molar-refractivity contribution is -0.143. The molecule has 0 aliphatic carbocycles. The summed E-state index contributed by atoms with van der Waals surface area (Å²) in [6.45, 7) is 1.78. The third-order valence-corrected chi connectivity index (χ3v) is 4.87. The minimum absolute atomic E-state index is 0.00171. The number of alkyl halides is 6. The highest BCUT2D eigenvalue weighted by Crippen LogP contribution is 2.36. The SMILES string of the molecule is CNC(=O)c1cnc(Nc2ccccc2C)c(NC(=O)c2cc(C(F)(F)F)cc(C(F)(F)F)c2)c1. The van der Waals surface area contributed by atoms with Crippen molar-refractivity contribution in [1.82, 2.24) is 10.3 Å². The number of aryl methyl sites for hydroxylation is 1. The number of hydrogen-bond donors (Lipinski definition) is 3. The molecule has 0 radical (unpaired) electrons. The molecule has 2 amide bonds. The lowest BCUT2D eigenvalue weighted by Gasteiger charge is -2.16. The van der Waals surface area contributed by atoms with Gasteiger partial charge in [-0.1, -0.05) is 18.2 Å². The van der Waals surface area contributed by atoms with Gasteiger partial charge in [0.05, 0.1) is 22.4 Å². The summed E-state index contributed by atoms with van der Waals surface area (Å²) in [5.74, 6) is -1.82. The number of nitrogens with one attached hydrogen (secondary N) is 3. The summed E-state index contributed by atoms with van der Waals surface area (Å²) < 4.78 is 79.1. The van der Waals surface area contributed by atoms with Crippen LogP contribution in [0.3, 0.4) is 0 Å². The standard InChI is InChI=1S/C23H18F6N4O2/c1-12-5-3-4-6-17(12)32-19-18(9-14(11-31-19)20(34)30-2)33-21(35)13-7-15(22(24,25)26)10-16(8-13)23(27,28)29/h3-11H,1-2H3,(H,30,34)(H,31,32)(H,33,35). The second kappa shape index (κ2) is 9.65. The van der Waals surface area contributed by atoms with Gasteiger partial charge in [-0.3, -0.25) is 9.59 Å². The lowest BCUT2D eigenvalue weighted by atomic mass is 10.0. The minimum atomic E-state index is -5.12. The summed E-state index contributed by atoms with van der Waals surface area (Å²) >= 11 is 0. The predicted octanol–water partition coefficient (Wildman–Crippen LogP) is 5.78. The Labute approximate surface area is 195 Å². The first kappa shape index (κ1) is 25.5. The number of carbonyl (C=O) groups excluding carboxylic acids is 2. The molecule has 0 aliphatic rings. The molecule has 0 atom stereocenters. The first-order valence-electron chi connectivity index (χ1n) is 9.95. The van der Waals surface area contributed by atoms with Gasteiger partial charge in [-0.2, -0.15) is 26.3 Å². The molecule has 0 saturated heterocycles. The van der Waals surface area contributed by atoms with Crippen molar-refractivity contribution in [3.63, 3.8) is 0 Å². The number of anilines is 3. The molecule has 0 saturated carbocycles. The van der Waals surface area contributed by atoms with Gasteiger partial charge in [-0.15, -0.1) is 0 Å². The fourth-order valence-corrected chi connectivity index (χ4v) is 3.05. The molecule has 1 aromatic heterocycles. The maximum Gasteiger partial charge on any atom is 0.416 e. The van der Waals surface area contributed by atoms with Gasteiger partial charge < -0.3 is 16.0 Å². The minimum Gasteiger partial charge on any atom is -0.355 e. The molecule has 2 aromatic carbocycles. The van der Waals surface area contributed by atoms with Crippen LogP contribution in [0, 0.1) is 6.92 Å². The van der Waals surface area contributed by atoms with Crippen LogP contribution >= 0.6 is 0 Å². The van der Waals surface area contributed by atoms with Gasteiger partial charge in [0, 0.05) is 24.5 Å². The van der Waals surface area contributed by atoms with E-state index in [0.717, 1.165) is 5.56 Å². The molecular formula is C23H18F6N4O2. The zero-order chi connectivity index (χ0) is 26.0. The largest absolute Gasteiger partial charge is 0.416 e. The lowest BCUT2D eigenvalue weighted by Crippen LogP contribution is -2.20. The van der Waals surface area contributed by atoms with Crippen LogP contribution in [0.25, 0.3) is 0 Å². The molecule has 0 aliphatic heterocycles. The highest BCUT2D eigenvalue weighted by molar-refractivity contribution is 6.07. The van der Waals surface area contributed by atoms with Gasteiger partial charge in [-0.25, -0.2) is 4.98 Å². The van der Waals surface area contributed by atoms with Crippen molar-refractivity contribution in [1.29, 1.82) is 0 Å². The average molecular weight is 496 g/mol. The molecule has 184 valence electrons. The Morgan fingerprint density at radius 1 is 0.800 bits per heavy atom. The van der Waals surface area contributed by atoms with Crippen molar-refractivity contribution < 1.29 is 35.9 Å². The molecule has 0 fully saturated rings. The monoisotopic (exact) mass is 496 g/mol. The molecule has 0 bridgehead atoms. The van der Waals surface area contributed by atoms with E-state index in [2.05, 4.69) is 20.9 Å². The molecular weight excluding hydrogens is 478 g/mol. The van der Waals surface area contributed by atoms with E-state index in [-0.39, 0.29) is 23.1 Å². The van der Waals surface area contributed by atoms with E-state index in [1.165, 1.54) is 19.3 Å². The van der Waals surface area contributed by atoms with Gasteiger partial charge in [0.15, 0.2) is 5.82 Å². The maximum atomic E-state index is 13.2. The highest BCUT2D eigenvalue weighted by atomic mass is 19.4. The summed E-state index contributed by atoms with van der Waals surface area (Å²) in [6.07, 6.45) is -9.04. The zero-order valence-corrected chi connectivity index (χ0v) is 18.2. The summed E-state index contributed by atoms with van der Waals surface area (Å²) in [4.78, 5) is 28.9. The number of nitrogens with zero attached hydrogens (tertiary/aromatic N) is 1. The summed E-state index contributed by atoms with van der Waals surface area (Å²) in [5, 5.41) is 7.56. The number of para-hydroxylation sites is 1. The van der Waals surface area contributed by atoms with Crippen molar-refractivity contribution in [2.45, 2.75) is 19.3 Å². The first-order chi connectivity index (χ1) is 16.3. The Morgan fingerprint density at radius 3 is 1.94 bits per heavy atom. The second-order valence-corrected chi connectivity index (χ2v) is 7.39. The number of carbonyl (C=O) groups is 2. The maximum absolute atomic E-state index is 13.2. The van der Waals surface area contributed by atoms with Gasteiger partial charge in [0.2, 0.25) is 0 Å². The van der Waals surface area contributed by atoms with Crippen LogP contribution in [0.4, 0.5) is 43.5 Å². The number of benzene rings is 2. The Hall–Kier alpha value is -4.09. The Morgan fingerprint density at radius 2 is 1.40 bits per heavy atom. The van der Waals surface area contributed by atoms with Crippen molar-refractivity contribution in [2.24, 2.45) is 0 Å². The number of halogens is 6. The third-order valence-electron chi connectivity index (χ3n) is 4.87. The number of pyridine rings is 1. The van der Waals surface area contributed by atoms with Crippen molar-refractivity contribution >= 4 is 29.0 Å². The molecule has 0 unspecified atom stereocenters. The smallest absolute Gasteiger partial charge is 0.355 e. The van der Waals surface area contributed by atoms with Crippen LogP contribution in [0.1, 0.15) is 37.4 Å². The molecule has 6 nitrogen and oxygen atoms in total. The quantitative estimate of drug-likeness (QED) is 0.391. The van der Waals surface area contributed by atoms with Crippen LogP contribution in [0.2, 0.25) is 0 Å². The van der Waals surface area contributed by atoms with Crippen molar-refractivity contribution in [3.8, 4) is 0 Å². The summed E-state index contributed by atoms with van der Waals surface area (Å²) in [6, 6.07) is 8.71. The number of aromatic nitrogens is 1. The van der Waals surface area contributed by atoms with E-state index in [4.69, 9.17) is 0 Å². The Bertz CT molecular complexity index is 1240. The Balaban J connectivity index is 2.05. The number of rotatable bonds is 5.